The Hall–Kier alpha value is -0.580. The van der Waals surface area contributed by atoms with Crippen LogP contribution in [0.25, 0.3) is 0 Å². The standard InChI is InChI=1S/C12H20ClN3O/c1-6-7(2)17-8(3)10(6)11(14)12-9(13)5-15-16(12)4/h5-8,10-11H,14H2,1-4H3. The van der Waals surface area contributed by atoms with Crippen LogP contribution in [0.3, 0.4) is 0 Å². The molecule has 2 heterocycles. The van der Waals surface area contributed by atoms with E-state index in [-0.39, 0.29) is 24.2 Å². The van der Waals surface area contributed by atoms with Crippen LogP contribution in [0.1, 0.15) is 32.5 Å². The maximum Gasteiger partial charge on any atom is 0.0834 e. The van der Waals surface area contributed by atoms with Crippen LogP contribution in [-0.4, -0.2) is 22.0 Å². The Balaban J connectivity index is 2.29. The molecule has 4 nitrogen and oxygen atoms in total. The predicted octanol–water partition coefficient (Wildman–Crippen LogP) is 2.13. The van der Waals surface area contributed by atoms with Crippen molar-refractivity contribution in [3.8, 4) is 0 Å². The van der Waals surface area contributed by atoms with Crippen molar-refractivity contribution in [2.45, 2.75) is 39.0 Å². The van der Waals surface area contributed by atoms with Gasteiger partial charge in [0.05, 0.1) is 35.2 Å². The third-order valence-corrected chi connectivity index (χ3v) is 4.28. The first-order valence-corrected chi connectivity index (χ1v) is 6.39. The van der Waals surface area contributed by atoms with Gasteiger partial charge in [-0.15, -0.1) is 0 Å². The number of ether oxygens (including phenoxy) is 1. The van der Waals surface area contributed by atoms with Crippen molar-refractivity contribution in [1.29, 1.82) is 0 Å². The second kappa shape index (κ2) is 4.59. The van der Waals surface area contributed by atoms with Gasteiger partial charge in [-0.1, -0.05) is 18.5 Å². The molecule has 0 amide bonds. The van der Waals surface area contributed by atoms with E-state index in [0.717, 1.165) is 5.69 Å². The summed E-state index contributed by atoms with van der Waals surface area (Å²) in [7, 11) is 1.87. The van der Waals surface area contributed by atoms with Crippen molar-refractivity contribution < 1.29 is 4.74 Å². The third-order valence-electron chi connectivity index (χ3n) is 3.99. The summed E-state index contributed by atoms with van der Waals surface area (Å²) in [6.45, 7) is 6.36. The Kier molecular flexibility index (Phi) is 3.48. The monoisotopic (exact) mass is 257 g/mol. The number of hydrogen-bond acceptors (Lipinski definition) is 3. The van der Waals surface area contributed by atoms with Crippen molar-refractivity contribution in [2.24, 2.45) is 24.6 Å². The first kappa shape index (κ1) is 12.9. The van der Waals surface area contributed by atoms with Gasteiger partial charge in [-0.2, -0.15) is 5.10 Å². The Morgan fingerprint density at radius 1 is 1.41 bits per heavy atom. The first-order valence-electron chi connectivity index (χ1n) is 6.02. The van der Waals surface area contributed by atoms with Gasteiger partial charge in [0.25, 0.3) is 0 Å². The zero-order valence-corrected chi connectivity index (χ0v) is 11.5. The lowest BCUT2D eigenvalue weighted by Gasteiger charge is -2.26. The molecule has 5 atom stereocenters. The van der Waals surface area contributed by atoms with E-state index < -0.39 is 0 Å². The molecule has 96 valence electrons. The van der Waals surface area contributed by atoms with Crippen LogP contribution in [0.5, 0.6) is 0 Å². The van der Waals surface area contributed by atoms with Gasteiger partial charge in [0, 0.05) is 13.0 Å². The number of hydrogen-bond donors (Lipinski definition) is 1. The van der Waals surface area contributed by atoms with Gasteiger partial charge in [0.2, 0.25) is 0 Å². The van der Waals surface area contributed by atoms with Crippen LogP contribution in [0.4, 0.5) is 0 Å². The minimum atomic E-state index is -0.134. The number of rotatable bonds is 2. The molecule has 1 saturated heterocycles. The van der Waals surface area contributed by atoms with Crippen molar-refractivity contribution in [3.63, 3.8) is 0 Å². The molecule has 0 radical (unpaired) electrons. The lowest BCUT2D eigenvalue weighted by molar-refractivity contribution is 0.0487. The molecule has 1 aliphatic heterocycles. The average molecular weight is 258 g/mol. The fourth-order valence-electron chi connectivity index (χ4n) is 2.89. The summed E-state index contributed by atoms with van der Waals surface area (Å²) >= 11 is 6.15. The number of nitrogens with two attached hydrogens (primary N) is 1. The van der Waals surface area contributed by atoms with Gasteiger partial charge in [-0.05, 0) is 19.8 Å². The van der Waals surface area contributed by atoms with Crippen molar-refractivity contribution in [3.05, 3.63) is 16.9 Å². The van der Waals surface area contributed by atoms with Crippen LogP contribution in [0.15, 0.2) is 6.20 Å². The quantitative estimate of drug-likeness (QED) is 0.883. The van der Waals surface area contributed by atoms with E-state index in [2.05, 4.69) is 25.9 Å². The van der Waals surface area contributed by atoms with E-state index in [0.29, 0.717) is 10.9 Å². The Morgan fingerprint density at radius 3 is 2.47 bits per heavy atom. The summed E-state index contributed by atoms with van der Waals surface area (Å²) in [5.41, 5.74) is 7.26. The highest BCUT2D eigenvalue weighted by Gasteiger charge is 2.42. The third kappa shape index (κ3) is 2.09. The van der Waals surface area contributed by atoms with Gasteiger partial charge in [-0.3, -0.25) is 4.68 Å². The predicted molar refractivity (Wildman–Crippen MR) is 67.8 cm³/mol. The summed E-state index contributed by atoms with van der Waals surface area (Å²) in [5, 5.41) is 4.78. The SMILES string of the molecule is CC1OC(C)C(C(N)c2c(Cl)cnn2C)C1C. The normalized spacial score (nSPS) is 35.2. The van der Waals surface area contributed by atoms with E-state index in [1.54, 1.807) is 10.9 Å². The molecule has 5 heteroatoms. The highest BCUT2D eigenvalue weighted by molar-refractivity contribution is 6.31. The molecule has 1 aliphatic rings. The van der Waals surface area contributed by atoms with Crippen molar-refractivity contribution >= 4 is 11.6 Å². The van der Waals surface area contributed by atoms with Crippen LogP contribution in [-0.2, 0) is 11.8 Å². The molecule has 2 rings (SSSR count). The lowest BCUT2D eigenvalue weighted by Crippen LogP contribution is -2.32. The van der Waals surface area contributed by atoms with E-state index in [4.69, 9.17) is 22.1 Å². The summed E-state index contributed by atoms with van der Waals surface area (Å²) in [5.74, 6) is 0.698. The molecule has 0 aliphatic carbocycles. The lowest BCUT2D eigenvalue weighted by atomic mass is 9.82. The number of aryl methyl sites for hydroxylation is 1. The molecule has 0 bridgehead atoms. The first-order chi connectivity index (χ1) is 7.93. The average Bonchev–Trinajstić information content (AvgIpc) is 2.69. The molecule has 1 aromatic rings. The maximum absolute atomic E-state index is 6.36. The number of halogens is 1. The van der Waals surface area contributed by atoms with Gasteiger partial charge in [-0.25, -0.2) is 0 Å². The molecular formula is C12H20ClN3O. The molecule has 5 unspecified atom stereocenters. The highest BCUT2D eigenvalue weighted by atomic mass is 35.5. The Labute approximate surface area is 107 Å². The fraction of sp³-hybridized carbons (Fsp3) is 0.750. The van der Waals surface area contributed by atoms with E-state index in [1.807, 2.05) is 7.05 Å². The second-order valence-corrected chi connectivity index (χ2v) is 5.42. The summed E-state index contributed by atoms with van der Waals surface area (Å²) < 4.78 is 7.59. The van der Waals surface area contributed by atoms with Crippen LogP contribution in [0, 0.1) is 11.8 Å². The zero-order chi connectivity index (χ0) is 12.7. The molecule has 0 aromatic carbocycles. The van der Waals surface area contributed by atoms with Gasteiger partial charge in [0.15, 0.2) is 0 Å². The molecule has 2 N–H and O–H groups in total. The van der Waals surface area contributed by atoms with Crippen LogP contribution >= 0.6 is 11.6 Å². The number of aromatic nitrogens is 2. The minimum Gasteiger partial charge on any atom is -0.375 e. The van der Waals surface area contributed by atoms with Crippen LogP contribution in [0.2, 0.25) is 5.02 Å². The van der Waals surface area contributed by atoms with E-state index in [9.17, 15) is 0 Å². The van der Waals surface area contributed by atoms with Gasteiger partial charge in [0.1, 0.15) is 0 Å². The Morgan fingerprint density at radius 2 is 2.06 bits per heavy atom. The highest BCUT2D eigenvalue weighted by Crippen LogP contribution is 2.40. The molecule has 1 aromatic heterocycles. The van der Waals surface area contributed by atoms with Crippen molar-refractivity contribution in [2.75, 3.05) is 0 Å². The topological polar surface area (TPSA) is 53.1 Å². The second-order valence-electron chi connectivity index (χ2n) is 5.01. The largest absolute Gasteiger partial charge is 0.375 e. The van der Waals surface area contributed by atoms with Crippen molar-refractivity contribution in [1.82, 2.24) is 9.78 Å². The molecule has 0 spiro atoms. The summed E-state index contributed by atoms with van der Waals surface area (Å²) in [4.78, 5) is 0. The number of nitrogens with zero attached hydrogens (tertiary/aromatic N) is 2. The van der Waals surface area contributed by atoms with E-state index in [1.165, 1.54) is 0 Å². The molecule has 1 fully saturated rings. The maximum atomic E-state index is 6.36. The molecular weight excluding hydrogens is 238 g/mol. The fourth-order valence-corrected chi connectivity index (χ4v) is 3.18. The summed E-state index contributed by atoms with van der Waals surface area (Å²) in [6.07, 6.45) is 2.04. The smallest absolute Gasteiger partial charge is 0.0834 e. The Bertz CT molecular complexity index is 387. The summed E-state index contributed by atoms with van der Waals surface area (Å²) in [6, 6.07) is -0.134. The van der Waals surface area contributed by atoms with Gasteiger partial charge >= 0.3 is 0 Å². The van der Waals surface area contributed by atoms with E-state index >= 15 is 0 Å². The van der Waals surface area contributed by atoms with Crippen LogP contribution < -0.4 is 5.73 Å². The molecule has 0 saturated carbocycles. The van der Waals surface area contributed by atoms with Gasteiger partial charge < -0.3 is 10.5 Å². The minimum absolute atomic E-state index is 0.134. The zero-order valence-electron chi connectivity index (χ0n) is 10.7. The molecule has 17 heavy (non-hydrogen) atoms.